The van der Waals surface area contributed by atoms with E-state index in [1.165, 1.54) is 17.7 Å². The molecular weight excluding hydrogens is 578 g/mol. The summed E-state index contributed by atoms with van der Waals surface area (Å²) >= 11 is 0. The zero-order chi connectivity index (χ0) is 31.7. The van der Waals surface area contributed by atoms with Crippen LogP contribution >= 0.6 is 0 Å². The first-order chi connectivity index (χ1) is 22.4. The number of piperazine rings is 1. The van der Waals surface area contributed by atoms with Crippen molar-refractivity contribution >= 4 is 17.6 Å². The molecular formula is C36H43N7O3. The summed E-state index contributed by atoms with van der Waals surface area (Å²) in [6.07, 6.45) is 4.98. The highest BCUT2D eigenvalue weighted by Gasteiger charge is 2.55. The standard InChI is InChI=1S/C36H43N7O3/c1-26-9-6-7-12-31(26)41-20-15-29-30(24-41)38-34(46-36(16-17-36)32-13-8-19-40(32)2)39-33(29)42-21-22-43(28(23-42)14-18-37)35(44)45-25-27-10-4-3-5-11-27/h3-7,9-12,28,32H,8,13-17,19-25H2,1-2H3/t28-,32-/m0/s1. The Labute approximate surface area is 271 Å². The second kappa shape index (κ2) is 12.8. The zero-order valence-corrected chi connectivity index (χ0v) is 26.9. The van der Waals surface area contributed by atoms with E-state index in [0.717, 1.165) is 61.4 Å². The van der Waals surface area contributed by atoms with Gasteiger partial charge in [-0.3, -0.25) is 4.90 Å². The van der Waals surface area contributed by atoms with Crippen LogP contribution in [0.2, 0.25) is 0 Å². The van der Waals surface area contributed by atoms with Crippen molar-refractivity contribution in [1.29, 1.82) is 5.26 Å². The van der Waals surface area contributed by atoms with Crippen molar-refractivity contribution in [1.82, 2.24) is 19.8 Å². The third-order valence-corrected chi connectivity index (χ3v) is 10.2. The minimum Gasteiger partial charge on any atom is -0.455 e. The monoisotopic (exact) mass is 621 g/mol. The topological polar surface area (TPSA) is 98.1 Å². The van der Waals surface area contributed by atoms with E-state index in [9.17, 15) is 10.1 Å². The van der Waals surface area contributed by atoms with Crippen molar-refractivity contribution in [3.05, 3.63) is 77.0 Å². The number of para-hydroxylation sites is 1. The highest BCUT2D eigenvalue weighted by molar-refractivity contribution is 5.69. The van der Waals surface area contributed by atoms with E-state index in [0.29, 0.717) is 38.2 Å². The number of likely N-dealkylation sites (N-methyl/N-ethyl adjacent to an activating group) is 1. The number of amides is 1. The summed E-state index contributed by atoms with van der Waals surface area (Å²) in [4.78, 5) is 32.2. The first-order valence-corrected chi connectivity index (χ1v) is 16.6. The Kier molecular flexibility index (Phi) is 8.43. The van der Waals surface area contributed by atoms with Crippen LogP contribution in [0.1, 0.15) is 54.5 Å². The maximum absolute atomic E-state index is 13.2. The lowest BCUT2D eigenvalue weighted by Gasteiger charge is -2.42. The van der Waals surface area contributed by atoms with E-state index in [4.69, 9.17) is 19.4 Å². The van der Waals surface area contributed by atoms with E-state index in [-0.39, 0.29) is 30.8 Å². The summed E-state index contributed by atoms with van der Waals surface area (Å²) in [6.45, 7) is 6.51. The average Bonchev–Trinajstić information content (AvgIpc) is 3.71. The van der Waals surface area contributed by atoms with Gasteiger partial charge in [0.05, 0.1) is 30.8 Å². The molecule has 2 atom stereocenters. The summed E-state index contributed by atoms with van der Waals surface area (Å²) in [7, 11) is 2.19. The molecule has 4 aliphatic rings. The van der Waals surface area contributed by atoms with E-state index in [1.807, 2.05) is 30.3 Å². The average molecular weight is 622 g/mol. The van der Waals surface area contributed by atoms with Crippen molar-refractivity contribution in [2.45, 2.75) is 76.3 Å². The SMILES string of the molecule is Cc1ccccc1N1CCc2c(nc(OC3([C@@H]4CCCN4C)CC3)nc2N2CCN(C(=O)OCc3ccccc3)[C@@H](CC#N)C2)C1. The number of aromatic nitrogens is 2. The van der Waals surface area contributed by atoms with Crippen molar-refractivity contribution in [2.24, 2.45) is 0 Å². The predicted molar refractivity (Wildman–Crippen MR) is 176 cm³/mol. The van der Waals surface area contributed by atoms with Gasteiger partial charge in [-0.15, -0.1) is 0 Å². The Hall–Kier alpha value is -4.36. The largest absolute Gasteiger partial charge is 0.455 e. The summed E-state index contributed by atoms with van der Waals surface area (Å²) in [6, 6.07) is 21.0. The molecule has 0 spiro atoms. The Morgan fingerprint density at radius 2 is 1.83 bits per heavy atom. The van der Waals surface area contributed by atoms with Gasteiger partial charge in [-0.05, 0) is 69.8 Å². The lowest BCUT2D eigenvalue weighted by Crippen LogP contribution is -2.56. The molecule has 3 fully saturated rings. The minimum absolute atomic E-state index is 0.203. The number of likely N-dealkylation sites (tertiary alicyclic amines) is 1. The van der Waals surface area contributed by atoms with Crippen LogP contribution in [0.25, 0.3) is 0 Å². The maximum atomic E-state index is 13.2. The van der Waals surface area contributed by atoms with Crippen molar-refractivity contribution < 1.29 is 14.3 Å². The van der Waals surface area contributed by atoms with E-state index < -0.39 is 0 Å². The van der Waals surface area contributed by atoms with Gasteiger partial charge in [0.1, 0.15) is 18.0 Å². The molecule has 2 saturated heterocycles. The van der Waals surface area contributed by atoms with Gasteiger partial charge in [0.2, 0.25) is 0 Å². The minimum atomic E-state index is -0.386. The fourth-order valence-corrected chi connectivity index (χ4v) is 7.57. The van der Waals surface area contributed by atoms with Crippen LogP contribution in [0, 0.1) is 18.3 Å². The number of hydrogen-bond donors (Lipinski definition) is 0. The number of anilines is 2. The van der Waals surface area contributed by atoms with E-state index >= 15 is 0 Å². The van der Waals surface area contributed by atoms with Crippen LogP contribution in [-0.2, 0) is 24.3 Å². The van der Waals surface area contributed by atoms with Gasteiger partial charge in [-0.1, -0.05) is 48.5 Å². The molecule has 3 aromatic rings. The van der Waals surface area contributed by atoms with E-state index in [2.05, 4.69) is 59.0 Å². The summed E-state index contributed by atoms with van der Waals surface area (Å²) in [5.74, 6) is 0.875. The van der Waals surface area contributed by atoms with Gasteiger partial charge >= 0.3 is 12.1 Å². The van der Waals surface area contributed by atoms with Gasteiger partial charge in [0.25, 0.3) is 0 Å². The molecule has 1 aromatic heterocycles. The number of rotatable bonds is 8. The number of carbonyl (C=O) groups is 1. The number of aryl methyl sites for hydroxylation is 1. The number of carbonyl (C=O) groups excluding carboxylic acids is 1. The Balaban J connectivity index is 1.16. The molecule has 3 aliphatic heterocycles. The first kappa shape index (κ1) is 30.3. The Morgan fingerprint density at radius 1 is 1.02 bits per heavy atom. The van der Waals surface area contributed by atoms with Crippen LogP contribution in [0.5, 0.6) is 6.01 Å². The van der Waals surface area contributed by atoms with Gasteiger partial charge < -0.3 is 24.2 Å². The van der Waals surface area contributed by atoms with Crippen LogP contribution in [-0.4, -0.2) is 83.3 Å². The lowest BCUT2D eigenvalue weighted by atomic mass is 10.0. The molecule has 0 radical (unpaired) electrons. The molecule has 0 bridgehead atoms. The molecule has 10 nitrogen and oxygen atoms in total. The van der Waals surface area contributed by atoms with E-state index in [1.54, 1.807) is 4.90 Å². The van der Waals surface area contributed by atoms with Crippen LogP contribution in [0.3, 0.4) is 0 Å². The highest BCUT2D eigenvalue weighted by Crippen LogP contribution is 2.48. The predicted octanol–water partition coefficient (Wildman–Crippen LogP) is 5.09. The Morgan fingerprint density at radius 3 is 2.57 bits per heavy atom. The molecule has 1 aliphatic carbocycles. The van der Waals surface area contributed by atoms with Crippen LogP contribution < -0.4 is 14.5 Å². The molecule has 2 aromatic carbocycles. The highest BCUT2D eigenvalue weighted by atomic mass is 16.6. The van der Waals surface area contributed by atoms with Crippen molar-refractivity contribution in [3.8, 4) is 12.1 Å². The lowest BCUT2D eigenvalue weighted by molar-refractivity contribution is 0.0741. The smallest absolute Gasteiger partial charge is 0.410 e. The van der Waals surface area contributed by atoms with Crippen LogP contribution in [0.4, 0.5) is 16.3 Å². The molecule has 0 N–H and O–H groups in total. The second-order valence-electron chi connectivity index (χ2n) is 13.2. The van der Waals surface area contributed by atoms with Gasteiger partial charge in [-0.2, -0.15) is 15.2 Å². The molecule has 46 heavy (non-hydrogen) atoms. The number of hydrogen-bond acceptors (Lipinski definition) is 9. The maximum Gasteiger partial charge on any atom is 0.410 e. The summed E-state index contributed by atoms with van der Waals surface area (Å²) in [5, 5.41) is 9.74. The van der Waals surface area contributed by atoms with Crippen molar-refractivity contribution in [3.63, 3.8) is 0 Å². The molecule has 4 heterocycles. The number of fused-ring (bicyclic) bond motifs is 1. The number of ether oxygens (including phenoxy) is 2. The summed E-state index contributed by atoms with van der Waals surface area (Å²) in [5.41, 5.74) is 5.29. The second-order valence-corrected chi connectivity index (χ2v) is 13.2. The van der Waals surface area contributed by atoms with Gasteiger partial charge in [0.15, 0.2) is 0 Å². The van der Waals surface area contributed by atoms with Gasteiger partial charge in [-0.25, -0.2) is 4.79 Å². The normalized spacial score (nSPS) is 22.2. The quantitative estimate of drug-likeness (QED) is 0.341. The zero-order valence-electron chi connectivity index (χ0n) is 26.9. The third-order valence-electron chi connectivity index (χ3n) is 10.2. The molecule has 0 unspecified atom stereocenters. The fraction of sp³-hybridized carbons (Fsp3) is 0.500. The molecule has 1 amide bonds. The van der Waals surface area contributed by atoms with Crippen molar-refractivity contribution in [2.75, 3.05) is 49.6 Å². The molecule has 240 valence electrons. The number of nitriles is 1. The Bertz CT molecular complexity index is 1600. The third kappa shape index (κ3) is 6.08. The molecule has 10 heteroatoms. The van der Waals surface area contributed by atoms with Crippen LogP contribution in [0.15, 0.2) is 54.6 Å². The van der Waals surface area contributed by atoms with Gasteiger partial charge in [0, 0.05) is 43.5 Å². The summed E-state index contributed by atoms with van der Waals surface area (Å²) < 4.78 is 12.5. The number of nitrogens with zero attached hydrogens (tertiary/aromatic N) is 7. The molecule has 1 saturated carbocycles. The molecule has 7 rings (SSSR count). The fourth-order valence-electron chi connectivity index (χ4n) is 7.57. The number of benzene rings is 2. The first-order valence-electron chi connectivity index (χ1n) is 16.6.